The smallest absolute Gasteiger partial charge is 0.395 e. The van der Waals surface area contributed by atoms with E-state index in [4.69, 9.17) is 5.73 Å². The van der Waals surface area contributed by atoms with Gasteiger partial charge in [0.25, 0.3) is 0 Å². The maximum atomic E-state index is 13.2. The van der Waals surface area contributed by atoms with Gasteiger partial charge in [0.2, 0.25) is 5.91 Å². The first-order chi connectivity index (χ1) is 10.8. The zero-order valence-electron chi connectivity index (χ0n) is 12.4. The van der Waals surface area contributed by atoms with Gasteiger partial charge in [-0.3, -0.25) is 9.69 Å². The summed E-state index contributed by atoms with van der Waals surface area (Å²) in [4.78, 5) is 13.0. The predicted octanol–water partition coefficient (Wildman–Crippen LogP) is 1.21. The number of amides is 1. The Hall–Kier alpha value is -1.93. The van der Waals surface area contributed by atoms with Crippen molar-refractivity contribution in [3.05, 3.63) is 23.8 Å². The molecule has 0 aliphatic carbocycles. The largest absolute Gasteiger partial charge is 0.586 e. The highest BCUT2D eigenvalue weighted by atomic mass is 19.3. The number of nitrogens with two attached hydrogens (primary N) is 1. The van der Waals surface area contributed by atoms with Crippen LogP contribution in [-0.2, 0) is 11.3 Å². The van der Waals surface area contributed by atoms with Gasteiger partial charge >= 0.3 is 6.29 Å². The summed E-state index contributed by atoms with van der Waals surface area (Å²) in [5.74, 6) is -0.551. The quantitative estimate of drug-likeness (QED) is 0.868. The number of carbonyl (C=O) groups excluding carboxylic acids is 1. The molecule has 1 fully saturated rings. The Morgan fingerprint density at radius 2 is 2.17 bits per heavy atom. The van der Waals surface area contributed by atoms with Crippen molar-refractivity contribution in [1.82, 2.24) is 4.90 Å². The second-order valence-electron chi connectivity index (χ2n) is 6.09. The molecule has 0 radical (unpaired) electrons. The molecule has 1 aromatic carbocycles. The Labute approximate surface area is 131 Å². The van der Waals surface area contributed by atoms with Gasteiger partial charge in [-0.15, -0.1) is 8.78 Å². The topological polar surface area (TPSA) is 85.0 Å². The lowest BCUT2D eigenvalue weighted by Gasteiger charge is -2.38. The van der Waals surface area contributed by atoms with Gasteiger partial charge in [0.1, 0.15) is 0 Å². The molecule has 2 aliphatic heterocycles. The number of piperidine rings is 1. The minimum Gasteiger partial charge on any atom is -0.395 e. The fraction of sp³-hybridized carbons (Fsp3) is 0.533. The maximum absolute atomic E-state index is 13.2. The molecule has 0 spiro atoms. The molecule has 2 aliphatic rings. The monoisotopic (exact) mass is 328 g/mol. The molecule has 3 rings (SSSR count). The van der Waals surface area contributed by atoms with Crippen LogP contribution in [0, 0.1) is 0 Å². The van der Waals surface area contributed by atoms with Crippen LogP contribution >= 0.6 is 0 Å². The maximum Gasteiger partial charge on any atom is 0.586 e. The van der Waals surface area contributed by atoms with Crippen LogP contribution in [0.2, 0.25) is 0 Å². The van der Waals surface area contributed by atoms with Crippen LogP contribution in [-0.4, -0.2) is 40.9 Å². The van der Waals surface area contributed by atoms with E-state index in [1.54, 1.807) is 12.1 Å². The first-order valence-electron chi connectivity index (χ1n) is 7.37. The second-order valence-corrected chi connectivity index (χ2v) is 6.09. The van der Waals surface area contributed by atoms with Crippen molar-refractivity contribution < 1.29 is 28.2 Å². The van der Waals surface area contributed by atoms with Crippen LogP contribution in [0.1, 0.15) is 24.8 Å². The molecular formula is C15H18F2N2O4. The average Bonchev–Trinajstić information content (AvgIpc) is 2.72. The van der Waals surface area contributed by atoms with Gasteiger partial charge in [0.05, 0.1) is 12.0 Å². The van der Waals surface area contributed by atoms with E-state index >= 15 is 0 Å². The molecule has 23 heavy (non-hydrogen) atoms. The summed E-state index contributed by atoms with van der Waals surface area (Å²) < 4.78 is 35.4. The van der Waals surface area contributed by atoms with Crippen LogP contribution in [0.4, 0.5) is 8.78 Å². The fourth-order valence-corrected chi connectivity index (χ4v) is 3.20. The van der Waals surface area contributed by atoms with Crippen molar-refractivity contribution in [2.75, 3.05) is 13.1 Å². The van der Waals surface area contributed by atoms with E-state index in [1.165, 1.54) is 6.07 Å². The second kappa shape index (κ2) is 5.61. The molecule has 0 bridgehead atoms. The normalized spacial score (nSPS) is 26.2. The highest BCUT2D eigenvalue weighted by molar-refractivity contribution is 5.75. The number of rotatable bonds is 4. The molecule has 126 valence electrons. The van der Waals surface area contributed by atoms with Crippen LogP contribution in [0.25, 0.3) is 0 Å². The Bertz CT molecular complexity index is 625. The zero-order chi connectivity index (χ0) is 16.7. The first kappa shape index (κ1) is 15.9. The zero-order valence-corrected chi connectivity index (χ0v) is 12.4. The van der Waals surface area contributed by atoms with Crippen molar-refractivity contribution >= 4 is 5.91 Å². The van der Waals surface area contributed by atoms with E-state index in [0.717, 1.165) is 0 Å². The lowest BCUT2D eigenvalue weighted by Crippen LogP contribution is -2.49. The molecule has 1 unspecified atom stereocenters. The third-order valence-corrected chi connectivity index (χ3v) is 4.04. The van der Waals surface area contributed by atoms with Crippen molar-refractivity contribution in [3.8, 4) is 11.5 Å². The first-order valence-corrected chi connectivity index (χ1v) is 7.37. The number of carbonyl (C=O) groups is 1. The number of hydrogen-bond donors (Lipinski definition) is 2. The number of benzene rings is 1. The van der Waals surface area contributed by atoms with Crippen molar-refractivity contribution in [1.29, 1.82) is 0 Å². The molecular weight excluding hydrogens is 310 g/mol. The number of para-hydroxylation sites is 1. The van der Waals surface area contributed by atoms with E-state index in [0.29, 0.717) is 31.5 Å². The van der Waals surface area contributed by atoms with Gasteiger partial charge in [-0.05, 0) is 25.5 Å². The van der Waals surface area contributed by atoms with Crippen LogP contribution in [0.5, 0.6) is 11.5 Å². The van der Waals surface area contributed by atoms with E-state index < -0.39 is 17.8 Å². The molecule has 1 atom stereocenters. The number of aliphatic hydroxyl groups is 1. The van der Waals surface area contributed by atoms with Crippen molar-refractivity contribution in [3.63, 3.8) is 0 Å². The Kier molecular flexibility index (Phi) is 3.89. The summed E-state index contributed by atoms with van der Waals surface area (Å²) in [5, 5.41) is 10.4. The van der Waals surface area contributed by atoms with E-state index in [9.17, 15) is 18.7 Å². The number of alkyl halides is 2. The van der Waals surface area contributed by atoms with Gasteiger partial charge in [-0.2, -0.15) is 0 Å². The summed E-state index contributed by atoms with van der Waals surface area (Å²) in [7, 11) is 0. The highest BCUT2D eigenvalue weighted by Gasteiger charge is 2.44. The third-order valence-electron chi connectivity index (χ3n) is 4.04. The minimum atomic E-state index is -3.66. The van der Waals surface area contributed by atoms with Gasteiger partial charge in [-0.1, -0.05) is 12.1 Å². The van der Waals surface area contributed by atoms with Crippen LogP contribution in [0.15, 0.2) is 18.2 Å². The summed E-state index contributed by atoms with van der Waals surface area (Å²) in [6.07, 6.45) is -2.61. The standard InChI is InChI=1S/C15H18F2N2O4/c16-15(17)22-11-4-1-3-10(13(11)23-15)8-19-6-2-5-14(21,9-19)7-12(18)20/h1,3-4,21H,2,5-9H2,(H2,18,20). The van der Waals surface area contributed by atoms with Crippen molar-refractivity contribution in [2.24, 2.45) is 5.73 Å². The summed E-state index contributed by atoms with van der Waals surface area (Å²) in [6, 6.07) is 4.70. The number of β-amino-alcohol motifs (C(OH)–C–C–N with tert-alkyl or cyclic N) is 1. The highest BCUT2D eigenvalue weighted by Crippen LogP contribution is 2.43. The lowest BCUT2D eigenvalue weighted by molar-refractivity contribution is -0.287. The number of primary amides is 1. The van der Waals surface area contributed by atoms with Gasteiger partial charge < -0.3 is 20.3 Å². The minimum absolute atomic E-state index is 0.00286. The molecule has 0 aromatic heterocycles. The number of halogens is 2. The Morgan fingerprint density at radius 3 is 2.91 bits per heavy atom. The number of fused-ring (bicyclic) bond motifs is 1. The molecule has 2 heterocycles. The number of likely N-dealkylation sites (tertiary alicyclic amines) is 1. The average molecular weight is 328 g/mol. The molecule has 6 nitrogen and oxygen atoms in total. The molecule has 3 N–H and O–H groups in total. The Balaban J connectivity index is 1.74. The number of ether oxygens (including phenoxy) is 2. The third kappa shape index (κ3) is 3.53. The summed E-state index contributed by atoms with van der Waals surface area (Å²) in [5.41, 5.74) is 4.54. The predicted molar refractivity (Wildman–Crippen MR) is 75.9 cm³/mol. The number of hydrogen-bond acceptors (Lipinski definition) is 5. The fourth-order valence-electron chi connectivity index (χ4n) is 3.20. The summed E-state index contributed by atoms with van der Waals surface area (Å²) >= 11 is 0. The molecule has 1 aromatic rings. The van der Waals surface area contributed by atoms with E-state index in [1.807, 2.05) is 4.90 Å². The molecule has 1 amide bonds. The molecule has 1 saturated heterocycles. The van der Waals surface area contributed by atoms with Crippen LogP contribution in [0.3, 0.4) is 0 Å². The summed E-state index contributed by atoms with van der Waals surface area (Å²) in [6.45, 7) is 1.24. The molecule has 8 heteroatoms. The van der Waals surface area contributed by atoms with Crippen LogP contribution < -0.4 is 15.2 Å². The Morgan fingerprint density at radius 1 is 1.39 bits per heavy atom. The van der Waals surface area contributed by atoms with Gasteiger partial charge in [0.15, 0.2) is 11.5 Å². The van der Waals surface area contributed by atoms with Crippen molar-refractivity contribution in [2.45, 2.75) is 37.7 Å². The SMILES string of the molecule is NC(=O)CC1(O)CCCN(Cc2cccc3c2OC(F)(F)O3)C1. The molecule has 0 saturated carbocycles. The van der Waals surface area contributed by atoms with E-state index in [-0.39, 0.29) is 24.5 Å². The lowest BCUT2D eigenvalue weighted by atomic mass is 9.89. The van der Waals surface area contributed by atoms with Gasteiger partial charge in [0, 0.05) is 18.7 Å². The van der Waals surface area contributed by atoms with E-state index in [2.05, 4.69) is 9.47 Å². The van der Waals surface area contributed by atoms with Gasteiger partial charge in [-0.25, -0.2) is 0 Å². The number of nitrogens with zero attached hydrogens (tertiary/aromatic N) is 1.